The Bertz CT molecular complexity index is 852. The topological polar surface area (TPSA) is 68.3 Å². The van der Waals surface area contributed by atoms with Crippen molar-refractivity contribution in [2.75, 3.05) is 51.4 Å². The maximum Gasteiger partial charge on any atom is 0.344 e. The molecule has 1 fully saturated rings. The number of esters is 1. The van der Waals surface area contributed by atoms with Gasteiger partial charge in [-0.1, -0.05) is 29.8 Å². The molecule has 2 aromatic carbocycles. The van der Waals surface area contributed by atoms with Gasteiger partial charge < -0.3 is 24.0 Å². The van der Waals surface area contributed by atoms with Crippen LogP contribution in [0.3, 0.4) is 0 Å². The van der Waals surface area contributed by atoms with Crippen molar-refractivity contribution < 1.29 is 23.8 Å². The number of anilines is 1. The number of nitrogens with zero attached hydrogens (tertiary/aromatic N) is 2. The predicted molar refractivity (Wildman–Crippen MR) is 110 cm³/mol. The summed E-state index contributed by atoms with van der Waals surface area (Å²) in [4.78, 5) is 28.0. The van der Waals surface area contributed by atoms with Crippen molar-refractivity contribution >= 4 is 29.2 Å². The van der Waals surface area contributed by atoms with Gasteiger partial charge in [0, 0.05) is 31.2 Å². The molecule has 3 rings (SSSR count). The molecule has 0 bridgehead atoms. The first-order valence-corrected chi connectivity index (χ1v) is 9.64. The molecule has 0 unspecified atom stereocenters. The number of rotatable bonds is 7. The smallest absolute Gasteiger partial charge is 0.344 e. The number of piperazine rings is 1. The maximum absolute atomic E-state index is 12.3. The van der Waals surface area contributed by atoms with Crippen LogP contribution in [0.15, 0.2) is 48.5 Å². The number of ether oxygens (including phenoxy) is 3. The molecular weight excluding hydrogens is 396 g/mol. The third kappa shape index (κ3) is 5.77. The molecule has 0 spiro atoms. The van der Waals surface area contributed by atoms with E-state index >= 15 is 0 Å². The van der Waals surface area contributed by atoms with Gasteiger partial charge in [-0.05, 0) is 30.3 Å². The number of halogens is 1. The van der Waals surface area contributed by atoms with Crippen LogP contribution in [0, 0.1) is 0 Å². The molecule has 8 heteroatoms. The quantitative estimate of drug-likeness (QED) is 0.644. The van der Waals surface area contributed by atoms with E-state index in [1.807, 2.05) is 24.3 Å². The number of carbonyl (C=O) groups is 2. The van der Waals surface area contributed by atoms with Gasteiger partial charge >= 0.3 is 5.97 Å². The average Bonchev–Trinajstić information content (AvgIpc) is 2.76. The highest BCUT2D eigenvalue weighted by Gasteiger charge is 2.23. The summed E-state index contributed by atoms with van der Waals surface area (Å²) in [5, 5.41) is 0.512. The van der Waals surface area contributed by atoms with Crippen LogP contribution in [0.25, 0.3) is 0 Å². The number of methoxy groups -OCH3 is 1. The van der Waals surface area contributed by atoms with Gasteiger partial charge in [0.1, 0.15) is 11.5 Å². The first kappa shape index (κ1) is 20.8. The summed E-state index contributed by atoms with van der Waals surface area (Å²) in [6.45, 7) is 1.87. The van der Waals surface area contributed by atoms with E-state index in [-0.39, 0.29) is 19.1 Å². The average molecular weight is 419 g/mol. The fourth-order valence-electron chi connectivity index (χ4n) is 3.06. The predicted octanol–water partition coefficient (Wildman–Crippen LogP) is 2.62. The molecule has 0 atom stereocenters. The minimum atomic E-state index is -0.606. The second-order valence-corrected chi connectivity index (χ2v) is 6.88. The molecule has 0 N–H and O–H groups in total. The lowest BCUT2D eigenvalue weighted by molar-refractivity contribution is -0.153. The van der Waals surface area contributed by atoms with Crippen LogP contribution < -0.4 is 14.4 Å². The summed E-state index contributed by atoms with van der Waals surface area (Å²) in [5.41, 5.74) is 1.01. The lowest BCUT2D eigenvalue weighted by atomic mass is 10.2. The summed E-state index contributed by atoms with van der Waals surface area (Å²) in [7, 11) is 1.64. The standard InChI is InChI=1S/C21H23ClN2O5/c1-27-19-8-3-2-7-18(19)23-9-11-24(12-10-23)20(25)14-29-21(26)15-28-17-6-4-5-16(22)13-17/h2-8,13H,9-12,14-15H2,1H3. The Morgan fingerprint density at radius 3 is 2.48 bits per heavy atom. The van der Waals surface area contributed by atoms with Crippen molar-refractivity contribution in [1.82, 2.24) is 4.90 Å². The number of para-hydroxylation sites is 2. The Hall–Kier alpha value is -2.93. The molecule has 0 radical (unpaired) electrons. The van der Waals surface area contributed by atoms with Crippen LogP contribution in [-0.4, -0.2) is 63.3 Å². The molecule has 1 aliphatic rings. The van der Waals surface area contributed by atoms with E-state index in [4.69, 9.17) is 25.8 Å². The van der Waals surface area contributed by atoms with E-state index in [9.17, 15) is 9.59 Å². The molecular formula is C21H23ClN2O5. The summed E-state index contributed by atoms with van der Waals surface area (Å²) >= 11 is 5.86. The molecule has 29 heavy (non-hydrogen) atoms. The number of hydrogen-bond donors (Lipinski definition) is 0. The van der Waals surface area contributed by atoms with Crippen LogP contribution >= 0.6 is 11.6 Å². The zero-order valence-corrected chi connectivity index (χ0v) is 16.9. The van der Waals surface area contributed by atoms with E-state index < -0.39 is 5.97 Å². The van der Waals surface area contributed by atoms with E-state index in [1.165, 1.54) is 0 Å². The molecule has 154 valence electrons. The number of benzene rings is 2. The van der Waals surface area contributed by atoms with Gasteiger partial charge in [-0.25, -0.2) is 4.79 Å². The largest absolute Gasteiger partial charge is 0.495 e. The second-order valence-electron chi connectivity index (χ2n) is 6.45. The van der Waals surface area contributed by atoms with E-state index in [1.54, 1.807) is 36.3 Å². The summed E-state index contributed by atoms with van der Waals surface area (Å²) in [6, 6.07) is 14.5. The van der Waals surface area contributed by atoms with Gasteiger partial charge in [0.15, 0.2) is 13.2 Å². The summed E-state index contributed by atoms with van der Waals surface area (Å²) < 4.78 is 15.7. The third-order valence-corrected chi connectivity index (χ3v) is 4.80. The first-order chi connectivity index (χ1) is 14.1. The Morgan fingerprint density at radius 2 is 1.76 bits per heavy atom. The molecule has 7 nitrogen and oxygen atoms in total. The Labute approximate surface area is 174 Å². The molecule has 1 heterocycles. The molecule has 1 saturated heterocycles. The van der Waals surface area contributed by atoms with Crippen LogP contribution in [0.4, 0.5) is 5.69 Å². The molecule has 1 amide bonds. The number of amides is 1. The van der Waals surface area contributed by atoms with Gasteiger partial charge in [-0.3, -0.25) is 4.79 Å². The van der Waals surface area contributed by atoms with Crippen molar-refractivity contribution in [3.8, 4) is 11.5 Å². The van der Waals surface area contributed by atoms with Crippen molar-refractivity contribution in [2.24, 2.45) is 0 Å². The lowest BCUT2D eigenvalue weighted by Gasteiger charge is -2.36. The van der Waals surface area contributed by atoms with Gasteiger partial charge in [0.2, 0.25) is 0 Å². The number of hydrogen-bond acceptors (Lipinski definition) is 6. The van der Waals surface area contributed by atoms with Gasteiger partial charge in [-0.15, -0.1) is 0 Å². The minimum Gasteiger partial charge on any atom is -0.495 e. The van der Waals surface area contributed by atoms with Crippen molar-refractivity contribution in [3.63, 3.8) is 0 Å². The Balaban J connectivity index is 1.41. The van der Waals surface area contributed by atoms with Gasteiger partial charge in [0.05, 0.1) is 12.8 Å². The van der Waals surface area contributed by atoms with Gasteiger partial charge in [0.25, 0.3) is 5.91 Å². The molecule has 0 aliphatic carbocycles. The van der Waals surface area contributed by atoms with Crippen molar-refractivity contribution in [2.45, 2.75) is 0 Å². The highest BCUT2D eigenvalue weighted by Crippen LogP contribution is 2.28. The van der Waals surface area contributed by atoms with E-state index in [0.717, 1.165) is 11.4 Å². The van der Waals surface area contributed by atoms with Crippen LogP contribution in [-0.2, 0) is 14.3 Å². The normalized spacial score (nSPS) is 13.7. The van der Waals surface area contributed by atoms with Crippen LogP contribution in [0.1, 0.15) is 0 Å². The van der Waals surface area contributed by atoms with Crippen LogP contribution in [0.2, 0.25) is 5.02 Å². The lowest BCUT2D eigenvalue weighted by Crippen LogP contribution is -2.50. The van der Waals surface area contributed by atoms with E-state index in [0.29, 0.717) is 37.0 Å². The minimum absolute atomic E-state index is 0.221. The van der Waals surface area contributed by atoms with Crippen molar-refractivity contribution in [1.29, 1.82) is 0 Å². The second kappa shape index (κ2) is 10.0. The van der Waals surface area contributed by atoms with Crippen LogP contribution in [0.5, 0.6) is 11.5 Å². The molecule has 1 aliphatic heterocycles. The number of carbonyl (C=O) groups excluding carboxylic acids is 2. The van der Waals surface area contributed by atoms with E-state index in [2.05, 4.69) is 4.90 Å². The monoisotopic (exact) mass is 418 g/mol. The summed E-state index contributed by atoms with van der Waals surface area (Å²) in [6.07, 6.45) is 0. The third-order valence-electron chi connectivity index (χ3n) is 4.57. The fourth-order valence-corrected chi connectivity index (χ4v) is 3.24. The van der Waals surface area contributed by atoms with Crippen molar-refractivity contribution in [3.05, 3.63) is 53.6 Å². The highest BCUT2D eigenvalue weighted by atomic mass is 35.5. The Kier molecular flexibility index (Phi) is 7.19. The maximum atomic E-state index is 12.3. The molecule has 0 aromatic heterocycles. The summed E-state index contributed by atoms with van der Waals surface area (Å²) in [5.74, 6) is 0.445. The fraction of sp³-hybridized carbons (Fsp3) is 0.333. The SMILES string of the molecule is COc1ccccc1N1CCN(C(=O)COC(=O)COc2cccc(Cl)c2)CC1. The molecule has 2 aromatic rings. The Morgan fingerprint density at radius 1 is 1.00 bits per heavy atom. The molecule has 0 saturated carbocycles. The van der Waals surface area contributed by atoms with Gasteiger partial charge in [-0.2, -0.15) is 0 Å². The zero-order chi connectivity index (χ0) is 20.6. The zero-order valence-electron chi connectivity index (χ0n) is 16.2. The first-order valence-electron chi connectivity index (χ1n) is 9.26. The highest BCUT2D eigenvalue weighted by molar-refractivity contribution is 6.30.